The van der Waals surface area contributed by atoms with E-state index in [1.807, 2.05) is 6.92 Å². The van der Waals surface area contributed by atoms with Gasteiger partial charge in [-0.15, -0.1) is 0 Å². The molecule has 0 saturated carbocycles. The highest BCUT2D eigenvalue weighted by Crippen LogP contribution is 2.36. The van der Waals surface area contributed by atoms with Gasteiger partial charge in [0.1, 0.15) is 12.2 Å². The van der Waals surface area contributed by atoms with Gasteiger partial charge in [-0.2, -0.15) is 8.42 Å². The quantitative estimate of drug-likeness (QED) is 0.756. The Labute approximate surface area is 141 Å². The summed E-state index contributed by atoms with van der Waals surface area (Å²) in [7, 11) is -2.54. The minimum absolute atomic E-state index is 0.0812. The number of methoxy groups -OCH3 is 1. The summed E-state index contributed by atoms with van der Waals surface area (Å²) in [5.74, 6) is -0.845. The van der Waals surface area contributed by atoms with Crippen LogP contribution in [0.25, 0.3) is 0 Å². The summed E-state index contributed by atoms with van der Waals surface area (Å²) in [6, 6.07) is 6.45. The van der Waals surface area contributed by atoms with Crippen molar-refractivity contribution < 1.29 is 31.5 Å². The maximum absolute atomic E-state index is 12.6. The summed E-state index contributed by atoms with van der Waals surface area (Å²) in [6.07, 6.45) is -2.80. The Bertz CT molecular complexity index is 683. The van der Waals surface area contributed by atoms with Crippen molar-refractivity contribution in [3.63, 3.8) is 0 Å². The predicted octanol–water partition coefficient (Wildman–Crippen LogP) is 1.59. The van der Waals surface area contributed by atoms with Gasteiger partial charge in [0.05, 0.1) is 11.5 Å². The number of hydrogen-bond donors (Lipinski definition) is 0. The zero-order valence-electron chi connectivity index (χ0n) is 14.1. The second-order valence-corrected chi connectivity index (χ2v) is 7.97. The molecule has 2 aliphatic rings. The molecular formula is C16H22O7S. The van der Waals surface area contributed by atoms with Crippen LogP contribution in [0.2, 0.25) is 0 Å². The van der Waals surface area contributed by atoms with Crippen LogP contribution in [-0.4, -0.2) is 52.5 Å². The molecule has 0 spiro atoms. The molecule has 134 valence electrons. The Kier molecular flexibility index (Phi) is 4.71. The molecule has 0 bridgehead atoms. The first kappa shape index (κ1) is 17.8. The average Bonchev–Trinajstić information content (AvgIpc) is 2.83. The van der Waals surface area contributed by atoms with Crippen molar-refractivity contribution in [1.82, 2.24) is 0 Å². The highest BCUT2D eigenvalue weighted by Gasteiger charge is 2.53. The summed E-state index contributed by atoms with van der Waals surface area (Å²) >= 11 is 0. The summed E-state index contributed by atoms with van der Waals surface area (Å²) < 4.78 is 52.9. The highest BCUT2D eigenvalue weighted by molar-refractivity contribution is 7.86. The van der Waals surface area contributed by atoms with Crippen molar-refractivity contribution in [1.29, 1.82) is 0 Å². The van der Waals surface area contributed by atoms with Crippen LogP contribution in [0.4, 0.5) is 0 Å². The highest BCUT2D eigenvalue weighted by atomic mass is 32.2. The molecule has 4 atom stereocenters. The fraction of sp³-hybridized carbons (Fsp3) is 0.625. The van der Waals surface area contributed by atoms with Crippen LogP contribution < -0.4 is 0 Å². The molecule has 2 aliphatic heterocycles. The van der Waals surface area contributed by atoms with E-state index in [-0.39, 0.29) is 11.5 Å². The third-order valence-corrected chi connectivity index (χ3v) is 5.39. The molecule has 24 heavy (non-hydrogen) atoms. The summed E-state index contributed by atoms with van der Waals surface area (Å²) in [5, 5.41) is 0. The minimum atomic E-state index is -3.97. The SMILES string of the molecule is CO[C@H]1O[C@@H]2COC(C)(C)O[C@H]2[C@H]1OS(=O)(=O)c1ccc(C)cc1. The summed E-state index contributed by atoms with van der Waals surface area (Å²) in [4.78, 5) is 0.0812. The number of fused-ring (bicyclic) bond motifs is 1. The summed E-state index contributed by atoms with van der Waals surface area (Å²) in [6.45, 7) is 5.68. The Balaban J connectivity index is 1.84. The molecule has 0 N–H and O–H groups in total. The van der Waals surface area contributed by atoms with Gasteiger partial charge in [0, 0.05) is 7.11 Å². The lowest BCUT2D eigenvalue weighted by Gasteiger charge is -2.38. The Morgan fingerprint density at radius 2 is 1.88 bits per heavy atom. The zero-order valence-corrected chi connectivity index (χ0v) is 14.9. The van der Waals surface area contributed by atoms with Crippen molar-refractivity contribution in [2.24, 2.45) is 0 Å². The third-order valence-electron chi connectivity index (χ3n) is 4.06. The van der Waals surface area contributed by atoms with E-state index >= 15 is 0 Å². The fourth-order valence-electron chi connectivity index (χ4n) is 2.81. The monoisotopic (exact) mass is 358 g/mol. The third kappa shape index (κ3) is 3.49. The molecule has 2 saturated heterocycles. The molecule has 0 aromatic heterocycles. The molecule has 0 amide bonds. The molecular weight excluding hydrogens is 336 g/mol. The van der Waals surface area contributed by atoms with Gasteiger partial charge in [-0.25, -0.2) is 0 Å². The van der Waals surface area contributed by atoms with Crippen molar-refractivity contribution >= 4 is 10.1 Å². The largest absolute Gasteiger partial charge is 0.353 e. The molecule has 0 aliphatic carbocycles. The maximum atomic E-state index is 12.6. The summed E-state index contributed by atoms with van der Waals surface area (Å²) in [5.41, 5.74) is 0.961. The van der Waals surface area contributed by atoms with Gasteiger partial charge >= 0.3 is 0 Å². The lowest BCUT2D eigenvalue weighted by Crippen LogP contribution is -2.51. The molecule has 0 radical (unpaired) electrons. The number of aryl methyl sites for hydroxylation is 1. The number of ether oxygens (including phenoxy) is 4. The second-order valence-electron chi connectivity index (χ2n) is 6.40. The first-order chi connectivity index (χ1) is 11.2. The normalized spacial score (nSPS) is 32.5. The molecule has 3 rings (SSSR count). The van der Waals surface area contributed by atoms with E-state index in [1.54, 1.807) is 26.0 Å². The lowest BCUT2D eigenvalue weighted by atomic mass is 10.1. The topological polar surface area (TPSA) is 80.3 Å². The van der Waals surface area contributed by atoms with Gasteiger partial charge in [-0.1, -0.05) is 17.7 Å². The zero-order chi connectivity index (χ0) is 17.5. The van der Waals surface area contributed by atoms with E-state index in [1.165, 1.54) is 19.2 Å². The van der Waals surface area contributed by atoms with Crippen LogP contribution in [0.3, 0.4) is 0 Å². The minimum Gasteiger partial charge on any atom is -0.353 e. The van der Waals surface area contributed by atoms with E-state index in [0.29, 0.717) is 0 Å². The number of rotatable bonds is 4. The molecule has 2 heterocycles. The van der Waals surface area contributed by atoms with Crippen LogP contribution in [0.5, 0.6) is 0 Å². The van der Waals surface area contributed by atoms with E-state index in [4.69, 9.17) is 23.1 Å². The predicted molar refractivity (Wildman–Crippen MR) is 83.8 cm³/mol. The number of hydrogen-bond acceptors (Lipinski definition) is 7. The smallest absolute Gasteiger partial charge is 0.297 e. The van der Waals surface area contributed by atoms with Gasteiger partial charge in [-0.05, 0) is 32.9 Å². The maximum Gasteiger partial charge on any atom is 0.297 e. The molecule has 1 aromatic rings. The Morgan fingerprint density at radius 3 is 2.50 bits per heavy atom. The number of benzene rings is 1. The molecule has 0 unspecified atom stereocenters. The average molecular weight is 358 g/mol. The van der Waals surface area contributed by atoms with E-state index in [9.17, 15) is 8.42 Å². The van der Waals surface area contributed by atoms with Crippen molar-refractivity contribution in [3.05, 3.63) is 29.8 Å². The van der Waals surface area contributed by atoms with Crippen LogP contribution in [0, 0.1) is 6.92 Å². The van der Waals surface area contributed by atoms with Gasteiger partial charge in [0.15, 0.2) is 18.2 Å². The van der Waals surface area contributed by atoms with Crippen molar-refractivity contribution in [2.75, 3.05) is 13.7 Å². The lowest BCUT2D eigenvalue weighted by molar-refractivity contribution is -0.299. The van der Waals surface area contributed by atoms with Gasteiger partial charge in [0.25, 0.3) is 10.1 Å². The Hall–Kier alpha value is -1.03. The standard InChI is InChI=1S/C16H22O7S/c1-10-5-7-11(8-6-10)24(17,18)23-14-13-12(21-15(14)19-4)9-20-16(2,3)22-13/h5-8,12-15H,9H2,1-4H3/t12-,13-,14-,15+/m1/s1. The second kappa shape index (κ2) is 6.36. The van der Waals surface area contributed by atoms with Crippen molar-refractivity contribution in [3.8, 4) is 0 Å². The van der Waals surface area contributed by atoms with Crippen LogP contribution in [0.15, 0.2) is 29.2 Å². The molecule has 1 aromatic carbocycles. The molecule has 2 fully saturated rings. The first-order valence-electron chi connectivity index (χ1n) is 7.72. The van der Waals surface area contributed by atoms with Crippen LogP contribution in [0.1, 0.15) is 19.4 Å². The van der Waals surface area contributed by atoms with E-state index in [2.05, 4.69) is 0 Å². The van der Waals surface area contributed by atoms with Crippen LogP contribution in [-0.2, 0) is 33.2 Å². The first-order valence-corrected chi connectivity index (χ1v) is 9.13. The van der Waals surface area contributed by atoms with Gasteiger partial charge in [0.2, 0.25) is 0 Å². The molecule has 7 nitrogen and oxygen atoms in total. The fourth-order valence-corrected chi connectivity index (χ4v) is 3.89. The van der Waals surface area contributed by atoms with Gasteiger partial charge in [-0.3, -0.25) is 4.18 Å². The molecule has 8 heteroatoms. The van der Waals surface area contributed by atoms with E-state index in [0.717, 1.165) is 5.56 Å². The Morgan fingerprint density at radius 1 is 1.21 bits per heavy atom. The van der Waals surface area contributed by atoms with E-state index < -0.39 is 40.5 Å². The van der Waals surface area contributed by atoms with Crippen LogP contribution >= 0.6 is 0 Å². The van der Waals surface area contributed by atoms with Crippen molar-refractivity contribution in [2.45, 2.75) is 56.1 Å². The van der Waals surface area contributed by atoms with Gasteiger partial charge < -0.3 is 18.9 Å².